The molecule has 2 heterocycles. The number of benzene rings is 1. The predicted octanol–water partition coefficient (Wildman–Crippen LogP) is 0.474. The molecule has 0 spiro atoms. The largest absolute Gasteiger partial charge is 0.348 e. The van der Waals surface area contributed by atoms with E-state index in [0.29, 0.717) is 0 Å². The molecule has 0 aromatic heterocycles. The van der Waals surface area contributed by atoms with E-state index < -0.39 is 0 Å². The van der Waals surface area contributed by atoms with Gasteiger partial charge in [-0.2, -0.15) is 0 Å². The average Bonchev–Trinajstić information content (AvgIpc) is 2.29. The standard InChI is InChI=1S/C12H15N3O/c1-8-2-3-9-10(6-8)15-5-4-13-7-11(15)14-12(9)16/h2-3,6,11,13H,4-5,7H2,1H3,(H,14,16)/t11-/m0/s1. The summed E-state index contributed by atoms with van der Waals surface area (Å²) >= 11 is 0. The van der Waals surface area contributed by atoms with Gasteiger partial charge in [0.25, 0.3) is 5.91 Å². The number of hydrogen-bond donors (Lipinski definition) is 2. The van der Waals surface area contributed by atoms with Gasteiger partial charge in [-0.25, -0.2) is 0 Å². The Morgan fingerprint density at radius 2 is 2.31 bits per heavy atom. The molecule has 2 aliphatic heterocycles. The normalized spacial score (nSPS) is 23.4. The van der Waals surface area contributed by atoms with Gasteiger partial charge in [-0.05, 0) is 24.6 Å². The van der Waals surface area contributed by atoms with Crippen LogP contribution in [0.1, 0.15) is 15.9 Å². The van der Waals surface area contributed by atoms with Gasteiger partial charge >= 0.3 is 0 Å². The average molecular weight is 217 g/mol. The van der Waals surface area contributed by atoms with Gasteiger partial charge in [0, 0.05) is 19.6 Å². The van der Waals surface area contributed by atoms with Crippen LogP contribution >= 0.6 is 0 Å². The number of nitrogens with one attached hydrogen (secondary N) is 2. The first-order valence-corrected chi connectivity index (χ1v) is 5.64. The Hall–Kier alpha value is -1.55. The molecule has 1 amide bonds. The van der Waals surface area contributed by atoms with Gasteiger partial charge in [0.15, 0.2) is 0 Å². The second kappa shape index (κ2) is 3.49. The Balaban J connectivity index is 2.09. The Morgan fingerprint density at radius 3 is 3.19 bits per heavy atom. The van der Waals surface area contributed by atoms with Gasteiger partial charge < -0.3 is 15.5 Å². The smallest absolute Gasteiger partial charge is 0.255 e. The summed E-state index contributed by atoms with van der Waals surface area (Å²) in [5.41, 5.74) is 3.07. The van der Waals surface area contributed by atoms with Crippen molar-refractivity contribution in [3.05, 3.63) is 29.3 Å². The summed E-state index contributed by atoms with van der Waals surface area (Å²) in [5.74, 6) is 0.0416. The minimum Gasteiger partial charge on any atom is -0.348 e. The Morgan fingerprint density at radius 1 is 1.44 bits per heavy atom. The number of fused-ring (bicyclic) bond motifs is 3. The fourth-order valence-corrected chi connectivity index (χ4v) is 2.42. The van der Waals surface area contributed by atoms with Crippen molar-refractivity contribution in [2.24, 2.45) is 0 Å². The summed E-state index contributed by atoms with van der Waals surface area (Å²) in [6.45, 7) is 4.80. The van der Waals surface area contributed by atoms with Crippen molar-refractivity contribution >= 4 is 11.6 Å². The van der Waals surface area contributed by atoms with E-state index >= 15 is 0 Å². The van der Waals surface area contributed by atoms with E-state index in [4.69, 9.17) is 0 Å². The van der Waals surface area contributed by atoms with Crippen molar-refractivity contribution in [1.29, 1.82) is 0 Å². The minimum atomic E-state index is 0.0416. The van der Waals surface area contributed by atoms with Crippen molar-refractivity contribution in [1.82, 2.24) is 10.6 Å². The van der Waals surface area contributed by atoms with E-state index in [1.165, 1.54) is 5.56 Å². The van der Waals surface area contributed by atoms with E-state index in [1.54, 1.807) is 0 Å². The molecule has 0 radical (unpaired) electrons. The van der Waals surface area contributed by atoms with Crippen LogP contribution < -0.4 is 15.5 Å². The second-order valence-electron chi connectivity index (χ2n) is 4.41. The van der Waals surface area contributed by atoms with Crippen LogP contribution in [0, 0.1) is 6.92 Å². The molecular formula is C12H15N3O. The lowest BCUT2D eigenvalue weighted by molar-refractivity contribution is 0.0923. The summed E-state index contributed by atoms with van der Waals surface area (Å²) in [6, 6.07) is 6.01. The lowest BCUT2D eigenvalue weighted by Gasteiger charge is -2.42. The topological polar surface area (TPSA) is 44.4 Å². The first-order valence-electron chi connectivity index (χ1n) is 5.64. The highest BCUT2D eigenvalue weighted by atomic mass is 16.2. The molecule has 0 aliphatic carbocycles. The highest BCUT2D eigenvalue weighted by Gasteiger charge is 2.31. The molecule has 16 heavy (non-hydrogen) atoms. The minimum absolute atomic E-state index is 0.0416. The van der Waals surface area contributed by atoms with E-state index in [0.717, 1.165) is 30.9 Å². The van der Waals surface area contributed by atoms with Gasteiger partial charge in [0.05, 0.1) is 11.3 Å². The second-order valence-corrected chi connectivity index (χ2v) is 4.41. The number of amides is 1. The predicted molar refractivity (Wildman–Crippen MR) is 62.6 cm³/mol. The summed E-state index contributed by atoms with van der Waals surface area (Å²) in [6.07, 6.45) is 0.107. The lowest BCUT2D eigenvalue weighted by Crippen LogP contribution is -2.62. The fraction of sp³-hybridized carbons (Fsp3) is 0.417. The van der Waals surface area contributed by atoms with Crippen molar-refractivity contribution in [2.45, 2.75) is 13.1 Å². The number of aryl methyl sites for hydroxylation is 1. The Kier molecular flexibility index (Phi) is 2.11. The molecule has 0 bridgehead atoms. The molecule has 1 saturated heterocycles. The maximum absolute atomic E-state index is 11.9. The van der Waals surface area contributed by atoms with Gasteiger partial charge in [-0.3, -0.25) is 4.79 Å². The number of rotatable bonds is 0. The molecule has 1 aromatic carbocycles. The van der Waals surface area contributed by atoms with Crippen LogP contribution in [0.2, 0.25) is 0 Å². The molecule has 4 nitrogen and oxygen atoms in total. The molecule has 84 valence electrons. The molecule has 2 aliphatic rings. The molecule has 1 atom stereocenters. The number of anilines is 1. The van der Waals surface area contributed by atoms with Crippen LogP contribution in [0.15, 0.2) is 18.2 Å². The monoisotopic (exact) mass is 217 g/mol. The molecule has 0 unspecified atom stereocenters. The van der Waals surface area contributed by atoms with Crippen molar-refractivity contribution in [2.75, 3.05) is 24.5 Å². The summed E-state index contributed by atoms with van der Waals surface area (Å²) in [4.78, 5) is 14.2. The molecule has 1 fully saturated rings. The third-order valence-electron chi connectivity index (χ3n) is 3.25. The zero-order valence-electron chi connectivity index (χ0n) is 9.29. The number of hydrogen-bond acceptors (Lipinski definition) is 3. The number of nitrogens with zero attached hydrogens (tertiary/aromatic N) is 1. The van der Waals surface area contributed by atoms with Crippen LogP contribution in [0.3, 0.4) is 0 Å². The van der Waals surface area contributed by atoms with Crippen LogP contribution in [0.25, 0.3) is 0 Å². The van der Waals surface area contributed by atoms with Gasteiger partial charge in [-0.15, -0.1) is 0 Å². The highest BCUT2D eigenvalue weighted by Crippen LogP contribution is 2.27. The lowest BCUT2D eigenvalue weighted by atomic mass is 10.0. The SMILES string of the molecule is Cc1ccc2c(c1)N1CCNC[C@H]1NC2=O. The van der Waals surface area contributed by atoms with E-state index in [1.807, 2.05) is 12.1 Å². The van der Waals surface area contributed by atoms with Crippen molar-refractivity contribution in [3.8, 4) is 0 Å². The maximum Gasteiger partial charge on any atom is 0.255 e. The van der Waals surface area contributed by atoms with Gasteiger partial charge in [-0.1, -0.05) is 6.07 Å². The Labute approximate surface area is 94.6 Å². The molecule has 2 N–H and O–H groups in total. The zero-order valence-corrected chi connectivity index (χ0v) is 9.29. The number of carbonyl (C=O) groups excluding carboxylic acids is 1. The fourth-order valence-electron chi connectivity index (χ4n) is 2.42. The molecule has 0 saturated carbocycles. The van der Waals surface area contributed by atoms with E-state index in [-0.39, 0.29) is 12.1 Å². The van der Waals surface area contributed by atoms with Crippen molar-refractivity contribution < 1.29 is 4.79 Å². The first kappa shape index (κ1) is 9.66. The van der Waals surface area contributed by atoms with Crippen LogP contribution in [-0.4, -0.2) is 31.7 Å². The molecule has 4 heteroatoms. The molecule has 1 aromatic rings. The Bertz CT molecular complexity index is 444. The van der Waals surface area contributed by atoms with Crippen LogP contribution in [0.5, 0.6) is 0 Å². The number of carbonyl (C=O) groups is 1. The highest BCUT2D eigenvalue weighted by molar-refractivity contribution is 6.02. The van der Waals surface area contributed by atoms with Gasteiger partial charge in [0.1, 0.15) is 6.17 Å². The van der Waals surface area contributed by atoms with E-state index in [9.17, 15) is 4.79 Å². The quantitative estimate of drug-likeness (QED) is 0.664. The molecular weight excluding hydrogens is 202 g/mol. The maximum atomic E-state index is 11.9. The summed E-state index contributed by atoms with van der Waals surface area (Å²) in [7, 11) is 0. The summed E-state index contributed by atoms with van der Waals surface area (Å²) < 4.78 is 0. The van der Waals surface area contributed by atoms with Crippen molar-refractivity contribution in [3.63, 3.8) is 0 Å². The van der Waals surface area contributed by atoms with E-state index in [2.05, 4.69) is 28.5 Å². The third kappa shape index (κ3) is 1.38. The first-order chi connectivity index (χ1) is 7.75. The third-order valence-corrected chi connectivity index (χ3v) is 3.25. The van der Waals surface area contributed by atoms with Crippen LogP contribution in [0.4, 0.5) is 5.69 Å². The zero-order chi connectivity index (χ0) is 11.1. The number of piperazine rings is 1. The molecule has 3 rings (SSSR count). The summed E-state index contributed by atoms with van der Waals surface area (Å²) in [5, 5.41) is 6.31. The van der Waals surface area contributed by atoms with Gasteiger partial charge in [0.2, 0.25) is 0 Å². The van der Waals surface area contributed by atoms with Crippen LogP contribution in [-0.2, 0) is 0 Å².